The molecule has 0 bridgehead atoms. The third-order valence-corrected chi connectivity index (χ3v) is 5.47. The maximum atomic E-state index is 11.8. The average Bonchev–Trinajstić information content (AvgIpc) is 2.62. The quantitative estimate of drug-likeness (QED) is 0.882. The summed E-state index contributed by atoms with van der Waals surface area (Å²) >= 11 is 0. The van der Waals surface area contributed by atoms with Crippen LogP contribution in [0.4, 0.5) is 5.69 Å². The van der Waals surface area contributed by atoms with Crippen LogP contribution in [0.5, 0.6) is 5.75 Å². The van der Waals surface area contributed by atoms with Crippen LogP contribution in [-0.4, -0.2) is 27.7 Å². The predicted molar refractivity (Wildman–Crippen MR) is 95.7 cm³/mol. The molecule has 25 heavy (non-hydrogen) atoms. The van der Waals surface area contributed by atoms with Crippen LogP contribution in [0.3, 0.4) is 0 Å². The number of hydrogen-bond acceptors (Lipinski definition) is 4. The topological polar surface area (TPSA) is 76.7 Å². The Bertz CT molecular complexity index is 859. The van der Waals surface area contributed by atoms with Crippen LogP contribution in [0.15, 0.2) is 42.5 Å². The van der Waals surface area contributed by atoms with Crippen molar-refractivity contribution in [3.05, 3.63) is 48.0 Å². The highest BCUT2D eigenvalue weighted by atomic mass is 32.2. The number of benzene rings is 2. The van der Waals surface area contributed by atoms with E-state index in [4.69, 9.17) is 9.47 Å². The van der Waals surface area contributed by atoms with E-state index in [9.17, 15) is 8.42 Å². The minimum absolute atomic E-state index is 0.196. The van der Waals surface area contributed by atoms with Crippen LogP contribution in [0.25, 0.3) is 11.1 Å². The van der Waals surface area contributed by atoms with Crippen molar-refractivity contribution < 1.29 is 17.9 Å². The van der Waals surface area contributed by atoms with Gasteiger partial charge in [0.2, 0.25) is 0 Å². The summed E-state index contributed by atoms with van der Waals surface area (Å²) in [7, 11) is -3.49. The van der Waals surface area contributed by atoms with Crippen LogP contribution >= 0.6 is 0 Å². The molecule has 1 saturated heterocycles. The molecule has 0 aromatic heterocycles. The Morgan fingerprint density at radius 3 is 2.56 bits per heavy atom. The van der Waals surface area contributed by atoms with Crippen LogP contribution in [0.1, 0.15) is 18.4 Å². The third-order valence-electron chi connectivity index (χ3n) is 4.48. The number of ether oxygens (including phenoxy) is 2. The Morgan fingerprint density at radius 1 is 1.04 bits per heavy atom. The standard InChI is InChI=1S/C18H20N2O4S/c21-25(22)19-12-14-2-1-3-17(18(14)20-25)13-4-6-15(7-5-13)24-16-8-10-23-11-9-16/h1-7,16,19-20H,8-12H2. The number of fused-ring (bicyclic) bond motifs is 1. The third kappa shape index (κ3) is 3.63. The molecule has 0 amide bonds. The van der Waals surface area contributed by atoms with Gasteiger partial charge in [-0.15, -0.1) is 0 Å². The summed E-state index contributed by atoms with van der Waals surface area (Å²) in [5.74, 6) is 0.822. The maximum absolute atomic E-state index is 11.8. The van der Waals surface area contributed by atoms with E-state index in [1.54, 1.807) is 0 Å². The molecule has 0 radical (unpaired) electrons. The van der Waals surface area contributed by atoms with E-state index in [1.165, 1.54) is 0 Å². The number of para-hydroxylation sites is 1. The van der Waals surface area contributed by atoms with Crippen molar-refractivity contribution >= 4 is 15.9 Å². The van der Waals surface area contributed by atoms with Crippen LogP contribution in [0.2, 0.25) is 0 Å². The van der Waals surface area contributed by atoms with Gasteiger partial charge in [-0.25, -0.2) is 0 Å². The zero-order valence-corrected chi connectivity index (χ0v) is 14.5. The highest BCUT2D eigenvalue weighted by molar-refractivity contribution is 7.90. The molecule has 2 N–H and O–H groups in total. The number of rotatable bonds is 3. The van der Waals surface area contributed by atoms with Gasteiger partial charge in [-0.2, -0.15) is 13.1 Å². The van der Waals surface area contributed by atoms with Gasteiger partial charge >= 0.3 is 0 Å². The Morgan fingerprint density at radius 2 is 1.80 bits per heavy atom. The van der Waals surface area contributed by atoms with Crippen LogP contribution in [-0.2, 0) is 21.5 Å². The van der Waals surface area contributed by atoms with Gasteiger partial charge in [0.25, 0.3) is 10.2 Å². The minimum Gasteiger partial charge on any atom is -0.490 e. The average molecular weight is 360 g/mol. The molecule has 132 valence electrons. The Hall–Kier alpha value is -2.09. The summed E-state index contributed by atoms with van der Waals surface area (Å²) in [5, 5.41) is 0. The highest BCUT2D eigenvalue weighted by Crippen LogP contribution is 2.34. The summed E-state index contributed by atoms with van der Waals surface area (Å²) in [6, 6.07) is 13.5. The summed E-state index contributed by atoms with van der Waals surface area (Å²) in [5.41, 5.74) is 3.37. The van der Waals surface area contributed by atoms with E-state index < -0.39 is 10.2 Å². The number of hydrogen-bond donors (Lipinski definition) is 2. The largest absolute Gasteiger partial charge is 0.490 e. The van der Waals surface area contributed by atoms with Gasteiger partial charge in [-0.05, 0) is 23.3 Å². The molecule has 6 nitrogen and oxygen atoms in total. The lowest BCUT2D eigenvalue weighted by atomic mass is 10.00. The fraction of sp³-hybridized carbons (Fsp3) is 0.333. The normalized spacial score (nSPS) is 19.7. The molecule has 4 rings (SSSR count). The molecule has 2 aromatic carbocycles. The van der Waals surface area contributed by atoms with E-state index in [2.05, 4.69) is 9.44 Å². The zero-order chi connectivity index (χ0) is 17.3. The molecule has 0 atom stereocenters. The Labute approximate surface area is 147 Å². The first kappa shape index (κ1) is 16.4. The van der Waals surface area contributed by atoms with Crippen molar-refractivity contribution in [2.75, 3.05) is 17.9 Å². The van der Waals surface area contributed by atoms with Gasteiger partial charge in [-0.1, -0.05) is 30.3 Å². The summed E-state index contributed by atoms with van der Waals surface area (Å²) in [6.07, 6.45) is 2.01. The van der Waals surface area contributed by atoms with Crippen molar-refractivity contribution in [3.63, 3.8) is 0 Å². The summed E-state index contributed by atoms with van der Waals surface area (Å²) in [6.45, 7) is 1.78. The molecule has 2 heterocycles. The van der Waals surface area contributed by atoms with Gasteiger partial charge in [0, 0.05) is 24.9 Å². The van der Waals surface area contributed by atoms with Crippen molar-refractivity contribution in [3.8, 4) is 16.9 Å². The smallest absolute Gasteiger partial charge is 0.299 e. The molecule has 0 unspecified atom stereocenters. The van der Waals surface area contributed by atoms with Gasteiger partial charge in [0.15, 0.2) is 0 Å². The van der Waals surface area contributed by atoms with Gasteiger partial charge in [-0.3, -0.25) is 4.72 Å². The van der Waals surface area contributed by atoms with Crippen molar-refractivity contribution in [2.45, 2.75) is 25.5 Å². The second-order valence-electron chi connectivity index (χ2n) is 6.22. The van der Waals surface area contributed by atoms with Crippen LogP contribution < -0.4 is 14.2 Å². The molecular weight excluding hydrogens is 340 g/mol. The van der Waals surface area contributed by atoms with Crippen molar-refractivity contribution in [2.24, 2.45) is 0 Å². The SMILES string of the molecule is O=S1(=O)NCc2cccc(-c3ccc(OC4CCOCC4)cc3)c2N1. The fourth-order valence-electron chi connectivity index (χ4n) is 3.15. The fourth-order valence-corrected chi connectivity index (χ4v) is 4.08. The lowest BCUT2D eigenvalue weighted by Gasteiger charge is -2.24. The summed E-state index contributed by atoms with van der Waals surface area (Å²) in [4.78, 5) is 0. The first-order chi connectivity index (χ1) is 12.1. The van der Waals surface area contributed by atoms with Gasteiger partial charge in [0.05, 0.1) is 18.9 Å². The van der Waals surface area contributed by atoms with Crippen molar-refractivity contribution in [1.29, 1.82) is 0 Å². The first-order valence-electron chi connectivity index (χ1n) is 8.35. The molecule has 0 saturated carbocycles. The number of nitrogens with one attached hydrogen (secondary N) is 2. The van der Waals surface area contributed by atoms with Gasteiger partial charge in [0.1, 0.15) is 11.9 Å². The molecule has 7 heteroatoms. The van der Waals surface area contributed by atoms with Gasteiger partial charge < -0.3 is 9.47 Å². The molecular formula is C18H20N2O4S. The molecule has 0 spiro atoms. The second-order valence-corrected chi connectivity index (χ2v) is 7.72. The van der Waals surface area contributed by atoms with E-state index in [1.807, 2.05) is 42.5 Å². The number of anilines is 1. The van der Waals surface area contributed by atoms with Crippen LogP contribution in [0, 0.1) is 0 Å². The minimum atomic E-state index is -3.49. The predicted octanol–water partition coefficient (Wildman–Crippen LogP) is 2.67. The lowest BCUT2D eigenvalue weighted by Crippen LogP contribution is -2.34. The van der Waals surface area contributed by atoms with E-state index in [-0.39, 0.29) is 6.10 Å². The second kappa shape index (κ2) is 6.67. The van der Waals surface area contributed by atoms with E-state index in [0.717, 1.165) is 48.5 Å². The maximum Gasteiger partial charge on any atom is 0.299 e. The molecule has 2 aliphatic rings. The molecule has 2 aromatic rings. The Balaban J connectivity index is 1.58. The van der Waals surface area contributed by atoms with E-state index in [0.29, 0.717) is 12.2 Å². The first-order valence-corrected chi connectivity index (χ1v) is 9.83. The molecule has 2 aliphatic heterocycles. The summed E-state index contributed by atoms with van der Waals surface area (Å²) < 4.78 is 40.1. The monoisotopic (exact) mass is 360 g/mol. The zero-order valence-electron chi connectivity index (χ0n) is 13.7. The Kier molecular flexibility index (Phi) is 4.37. The van der Waals surface area contributed by atoms with E-state index >= 15 is 0 Å². The highest BCUT2D eigenvalue weighted by Gasteiger charge is 2.22. The lowest BCUT2D eigenvalue weighted by molar-refractivity contribution is 0.0256. The molecule has 0 aliphatic carbocycles. The van der Waals surface area contributed by atoms with Crippen molar-refractivity contribution in [1.82, 2.24) is 4.72 Å². The molecule has 1 fully saturated rings.